The van der Waals surface area contributed by atoms with Crippen molar-refractivity contribution in [2.24, 2.45) is 5.92 Å². The molecular formula is C22H45NO2. The predicted molar refractivity (Wildman–Crippen MR) is 106 cm³/mol. The fourth-order valence-electron chi connectivity index (χ4n) is 3.85. The van der Waals surface area contributed by atoms with E-state index in [1.807, 2.05) is 28.1 Å². The molecule has 0 spiro atoms. The lowest BCUT2D eigenvalue weighted by atomic mass is 9.76. The maximum absolute atomic E-state index is 12.0. The zero-order valence-electron chi connectivity index (χ0n) is 18.0. The zero-order valence-corrected chi connectivity index (χ0v) is 18.0. The number of carboxylic acid groups (broad SMARTS) is 1. The molecule has 0 heterocycles. The lowest BCUT2D eigenvalue weighted by Gasteiger charge is -2.49. The number of carbonyl (C=O) groups excluding carboxylic acids is 1. The number of hydrogen-bond acceptors (Lipinski definition) is 2. The Bertz CT molecular complexity index is 348. The first-order valence-electron chi connectivity index (χ1n) is 10.7. The van der Waals surface area contributed by atoms with Crippen molar-refractivity contribution in [3.05, 3.63) is 0 Å². The van der Waals surface area contributed by atoms with E-state index in [-0.39, 0.29) is 5.92 Å². The minimum absolute atomic E-state index is 0.196. The molecule has 0 fully saturated rings. The molecule has 0 rings (SSSR count). The van der Waals surface area contributed by atoms with Gasteiger partial charge in [-0.25, -0.2) is 0 Å². The van der Waals surface area contributed by atoms with Crippen molar-refractivity contribution in [3.63, 3.8) is 0 Å². The van der Waals surface area contributed by atoms with E-state index in [2.05, 4.69) is 13.8 Å². The Hall–Kier alpha value is -0.570. The molecule has 150 valence electrons. The molecule has 0 aromatic carbocycles. The maximum atomic E-state index is 12.0. The molecule has 3 heteroatoms. The van der Waals surface area contributed by atoms with Crippen LogP contribution in [0.2, 0.25) is 0 Å². The highest BCUT2D eigenvalue weighted by Gasteiger charge is 2.46. The molecule has 0 aromatic rings. The van der Waals surface area contributed by atoms with Gasteiger partial charge in [-0.1, -0.05) is 84.5 Å². The van der Waals surface area contributed by atoms with Crippen molar-refractivity contribution in [1.29, 1.82) is 0 Å². The van der Waals surface area contributed by atoms with E-state index >= 15 is 0 Å². The fourth-order valence-corrected chi connectivity index (χ4v) is 3.85. The maximum Gasteiger partial charge on any atom is 0.139 e. The number of rotatable bonds is 16. The summed E-state index contributed by atoms with van der Waals surface area (Å²) in [6.45, 7) is 6.33. The average Bonchev–Trinajstić information content (AvgIpc) is 2.54. The van der Waals surface area contributed by atoms with E-state index in [4.69, 9.17) is 0 Å². The van der Waals surface area contributed by atoms with Gasteiger partial charge in [0.1, 0.15) is 11.5 Å². The highest BCUT2D eigenvalue weighted by atomic mass is 16.4. The highest BCUT2D eigenvalue weighted by molar-refractivity contribution is 5.75. The second-order valence-electron chi connectivity index (χ2n) is 8.90. The van der Waals surface area contributed by atoms with Crippen LogP contribution < -0.4 is 5.11 Å². The largest absolute Gasteiger partial charge is 0.544 e. The number of carboxylic acids is 1. The van der Waals surface area contributed by atoms with Crippen LogP contribution in [0.15, 0.2) is 0 Å². The molecule has 2 unspecified atom stereocenters. The van der Waals surface area contributed by atoms with Gasteiger partial charge in [-0.3, -0.25) is 0 Å². The number of unbranched alkanes of at least 4 members (excludes halogenated alkanes) is 9. The van der Waals surface area contributed by atoms with Crippen molar-refractivity contribution in [2.45, 2.75) is 110 Å². The average molecular weight is 356 g/mol. The number of hydrogen-bond donors (Lipinski definition) is 0. The molecule has 2 atom stereocenters. The number of aliphatic carboxylic acids is 1. The third kappa shape index (κ3) is 8.57. The van der Waals surface area contributed by atoms with Gasteiger partial charge in [0, 0.05) is 5.92 Å². The van der Waals surface area contributed by atoms with Crippen LogP contribution in [0.25, 0.3) is 0 Å². The number of nitrogens with zero attached hydrogens (tertiary/aromatic N) is 1. The Morgan fingerprint density at radius 3 is 1.60 bits per heavy atom. The second-order valence-corrected chi connectivity index (χ2v) is 8.90. The Labute approximate surface area is 157 Å². The third-order valence-corrected chi connectivity index (χ3v) is 6.16. The summed E-state index contributed by atoms with van der Waals surface area (Å²) in [5.41, 5.74) is -0.810. The minimum Gasteiger partial charge on any atom is -0.544 e. The lowest BCUT2D eigenvalue weighted by Crippen LogP contribution is -2.67. The SMILES string of the molecule is CCCCCCCCCCCC(CCCC)C(C)(C(=O)[O-])[N+](C)(C)C. The first kappa shape index (κ1) is 24.4. The van der Waals surface area contributed by atoms with Gasteiger partial charge in [-0.15, -0.1) is 0 Å². The van der Waals surface area contributed by atoms with Crippen LogP contribution in [0.5, 0.6) is 0 Å². The molecule has 0 bridgehead atoms. The molecule has 0 saturated heterocycles. The fraction of sp³-hybridized carbons (Fsp3) is 0.955. The monoisotopic (exact) mass is 355 g/mol. The lowest BCUT2D eigenvalue weighted by molar-refractivity contribution is -0.918. The van der Waals surface area contributed by atoms with Crippen LogP contribution in [-0.4, -0.2) is 37.1 Å². The summed E-state index contributed by atoms with van der Waals surface area (Å²) in [6.07, 6.45) is 16.0. The Morgan fingerprint density at radius 2 is 1.20 bits per heavy atom. The Kier molecular flexibility index (Phi) is 12.4. The summed E-state index contributed by atoms with van der Waals surface area (Å²) in [7, 11) is 5.97. The number of likely N-dealkylation sites (N-methyl/N-ethyl adjacent to an activating group) is 1. The molecule has 0 radical (unpaired) electrons. The van der Waals surface area contributed by atoms with Gasteiger partial charge in [0.05, 0.1) is 21.1 Å². The molecule has 0 aliphatic heterocycles. The quantitative estimate of drug-likeness (QED) is 0.291. The molecule has 25 heavy (non-hydrogen) atoms. The van der Waals surface area contributed by atoms with Gasteiger partial charge in [-0.2, -0.15) is 0 Å². The molecule has 0 amide bonds. The van der Waals surface area contributed by atoms with Crippen molar-refractivity contribution in [3.8, 4) is 0 Å². The molecule has 0 aliphatic carbocycles. The van der Waals surface area contributed by atoms with Gasteiger partial charge >= 0.3 is 0 Å². The molecule has 0 saturated carbocycles. The van der Waals surface area contributed by atoms with Crippen LogP contribution >= 0.6 is 0 Å². The molecule has 0 aliphatic rings. The molecule has 0 N–H and O–H groups in total. The van der Waals surface area contributed by atoms with E-state index in [0.29, 0.717) is 4.48 Å². The van der Waals surface area contributed by atoms with Gasteiger partial charge in [0.25, 0.3) is 0 Å². The van der Waals surface area contributed by atoms with E-state index in [9.17, 15) is 9.90 Å². The second kappa shape index (κ2) is 12.7. The topological polar surface area (TPSA) is 40.1 Å². The van der Waals surface area contributed by atoms with Gasteiger partial charge in [0.2, 0.25) is 0 Å². The smallest absolute Gasteiger partial charge is 0.139 e. The van der Waals surface area contributed by atoms with Crippen LogP contribution in [0.4, 0.5) is 0 Å². The summed E-state index contributed by atoms with van der Waals surface area (Å²) in [5, 5.41) is 12.0. The minimum atomic E-state index is -0.892. The first-order valence-corrected chi connectivity index (χ1v) is 10.7. The van der Waals surface area contributed by atoms with E-state index in [1.54, 1.807) is 0 Å². The number of quaternary nitrogens is 1. The summed E-state index contributed by atoms with van der Waals surface area (Å²) >= 11 is 0. The summed E-state index contributed by atoms with van der Waals surface area (Å²) in [6, 6.07) is 0. The molecule has 3 nitrogen and oxygen atoms in total. The first-order chi connectivity index (χ1) is 11.7. The Balaban J connectivity index is 4.42. The highest BCUT2D eigenvalue weighted by Crippen LogP contribution is 2.35. The van der Waals surface area contributed by atoms with Crippen molar-refractivity contribution >= 4 is 5.97 Å². The van der Waals surface area contributed by atoms with Crippen molar-refractivity contribution in [1.82, 2.24) is 0 Å². The van der Waals surface area contributed by atoms with Crippen LogP contribution in [0, 0.1) is 5.92 Å². The van der Waals surface area contributed by atoms with E-state index < -0.39 is 11.5 Å². The molecule has 0 aromatic heterocycles. The molecular weight excluding hydrogens is 310 g/mol. The van der Waals surface area contributed by atoms with Crippen LogP contribution in [0.1, 0.15) is 104 Å². The van der Waals surface area contributed by atoms with Crippen molar-refractivity contribution in [2.75, 3.05) is 21.1 Å². The van der Waals surface area contributed by atoms with Crippen LogP contribution in [-0.2, 0) is 4.79 Å². The van der Waals surface area contributed by atoms with E-state index in [0.717, 1.165) is 32.1 Å². The van der Waals surface area contributed by atoms with Crippen LogP contribution in [0.3, 0.4) is 0 Å². The Morgan fingerprint density at radius 1 is 0.800 bits per heavy atom. The zero-order chi connectivity index (χ0) is 19.3. The third-order valence-electron chi connectivity index (χ3n) is 6.16. The number of carbonyl (C=O) groups is 1. The van der Waals surface area contributed by atoms with Crippen molar-refractivity contribution < 1.29 is 14.4 Å². The summed E-state index contributed by atoms with van der Waals surface area (Å²) < 4.78 is 0.432. The normalized spacial score (nSPS) is 15.8. The van der Waals surface area contributed by atoms with Gasteiger partial charge < -0.3 is 14.4 Å². The van der Waals surface area contributed by atoms with Gasteiger partial charge in [-0.05, 0) is 19.8 Å². The summed E-state index contributed by atoms with van der Waals surface area (Å²) in [5.74, 6) is -0.695. The van der Waals surface area contributed by atoms with E-state index in [1.165, 1.54) is 51.4 Å². The predicted octanol–water partition coefficient (Wildman–Crippen LogP) is 4.93. The standard InChI is InChI=1S/C22H45NO2/c1-7-9-11-12-13-14-15-16-17-19-20(18-10-8-2)22(3,21(24)25)23(4,5)6/h20H,7-19H2,1-6H3. The van der Waals surface area contributed by atoms with Gasteiger partial charge in [0.15, 0.2) is 0 Å². The summed E-state index contributed by atoms with van der Waals surface area (Å²) in [4.78, 5) is 12.0.